The summed E-state index contributed by atoms with van der Waals surface area (Å²) < 4.78 is 72.9. The van der Waals surface area contributed by atoms with Crippen molar-refractivity contribution in [3.8, 4) is 0 Å². The summed E-state index contributed by atoms with van der Waals surface area (Å²) in [6.07, 6.45) is -11.1. The molecule has 2 nitrogen and oxygen atoms in total. The minimum atomic E-state index is -5.62. The van der Waals surface area contributed by atoms with Gasteiger partial charge in [0.05, 0.1) is 5.51 Å². The number of rotatable bonds is 3. The summed E-state index contributed by atoms with van der Waals surface area (Å²) in [7, 11) is 0. The Morgan fingerprint density at radius 2 is 1.76 bits per heavy atom. The number of hydrogen-bond donors (Lipinski definition) is 0. The Balaban J connectivity index is 2.89. The van der Waals surface area contributed by atoms with Crippen LogP contribution in [0.1, 0.15) is 4.88 Å². The molecule has 1 heterocycles. The summed E-state index contributed by atoms with van der Waals surface area (Å²) >= 11 is 0.823. The molecule has 0 bridgehead atoms. The molecule has 0 aliphatic heterocycles. The van der Waals surface area contributed by atoms with Crippen LogP contribution in [0.25, 0.3) is 0 Å². The minimum Gasteiger partial charge on any atom is -0.298 e. The van der Waals surface area contributed by atoms with Gasteiger partial charge in [-0.05, 0) is 0 Å². The molecule has 17 heavy (non-hydrogen) atoms. The molecule has 0 saturated heterocycles. The van der Waals surface area contributed by atoms with Gasteiger partial charge in [0.15, 0.2) is 5.78 Å². The van der Waals surface area contributed by atoms with Crippen molar-refractivity contribution >= 4 is 17.1 Å². The third-order valence-corrected chi connectivity index (χ3v) is 2.59. The van der Waals surface area contributed by atoms with Crippen molar-refractivity contribution in [3.63, 3.8) is 0 Å². The SMILES string of the molecule is O=C(Cc1cncs1)C(C(F)(F)F)C(F)(F)F. The molecular formula is C8H5F6NOS. The van der Waals surface area contributed by atoms with Gasteiger partial charge in [0, 0.05) is 17.5 Å². The van der Waals surface area contributed by atoms with E-state index in [1.54, 1.807) is 0 Å². The van der Waals surface area contributed by atoms with Crippen LogP contribution in [0.4, 0.5) is 26.3 Å². The summed E-state index contributed by atoms with van der Waals surface area (Å²) in [5.74, 6) is -5.86. The predicted octanol–water partition coefficient (Wildman–Crippen LogP) is 3.00. The summed E-state index contributed by atoms with van der Waals surface area (Å²) in [4.78, 5) is 14.6. The average molecular weight is 277 g/mol. The Bertz CT molecular complexity index is 368. The summed E-state index contributed by atoms with van der Waals surface area (Å²) in [6.45, 7) is 0. The number of aromatic nitrogens is 1. The number of alkyl halides is 6. The summed E-state index contributed by atoms with van der Waals surface area (Å²) in [5.41, 5.74) is 1.22. The van der Waals surface area contributed by atoms with E-state index in [9.17, 15) is 31.1 Å². The Labute approximate surface area is 95.3 Å². The van der Waals surface area contributed by atoms with Gasteiger partial charge >= 0.3 is 12.4 Å². The largest absolute Gasteiger partial charge is 0.407 e. The van der Waals surface area contributed by atoms with Gasteiger partial charge < -0.3 is 0 Å². The Hall–Kier alpha value is -1.12. The molecular weight excluding hydrogens is 272 g/mol. The number of nitrogens with zero attached hydrogens (tertiary/aromatic N) is 1. The van der Waals surface area contributed by atoms with Crippen molar-refractivity contribution in [2.75, 3.05) is 0 Å². The monoisotopic (exact) mass is 277 g/mol. The zero-order valence-corrected chi connectivity index (χ0v) is 8.79. The predicted molar refractivity (Wildman–Crippen MR) is 46.4 cm³/mol. The first-order valence-electron chi connectivity index (χ1n) is 4.16. The maximum Gasteiger partial charge on any atom is 0.407 e. The molecule has 9 heteroatoms. The second-order valence-corrected chi connectivity index (χ2v) is 4.10. The average Bonchev–Trinajstić information content (AvgIpc) is 2.49. The molecule has 1 aromatic heterocycles. The molecule has 0 aromatic carbocycles. The van der Waals surface area contributed by atoms with Gasteiger partial charge in [0.2, 0.25) is 5.92 Å². The second-order valence-electron chi connectivity index (χ2n) is 3.13. The molecule has 0 radical (unpaired) electrons. The van der Waals surface area contributed by atoms with E-state index in [1.807, 2.05) is 0 Å². The van der Waals surface area contributed by atoms with Crippen molar-refractivity contribution in [1.29, 1.82) is 0 Å². The molecule has 0 amide bonds. The third-order valence-electron chi connectivity index (χ3n) is 1.81. The van der Waals surface area contributed by atoms with Gasteiger partial charge in [-0.2, -0.15) is 26.3 Å². The van der Waals surface area contributed by atoms with E-state index in [2.05, 4.69) is 4.98 Å². The highest BCUT2D eigenvalue weighted by atomic mass is 32.1. The first-order chi connectivity index (χ1) is 7.62. The Kier molecular flexibility index (Phi) is 3.80. The molecule has 0 unspecified atom stereocenters. The van der Waals surface area contributed by atoms with Crippen LogP contribution in [-0.2, 0) is 11.2 Å². The van der Waals surface area contributed by atoms with Crippen molar-refractivity contribution in [2.45, 2.75) is 18.8 Å². The van der Waals surface area contributed by atoms with Crippen LogP contribution in [0.15, 0.2) is 11.7 Å². The lowest BCUT2D eigenvalue weighted by Crippen LogP contribution is -2.43. The van der Waals surface area contributed by atoms with Crippen molar-refractivity contribution in [2.24, 2.45) is 5.92 Å². The number of hydrogen-bond acceptors (Lipinski definition) is 3. The van der Waals surface area contributed by atoms with Crippen LogP contribution in [0.2, 0.25) is 0 Å². The topological polar surface area (TPSA) is 30.0 Å². The number of carbonyl (C=O) groups excluding carboxylic acids is 1. The standard InChI is InChI=1S/C8H5F6NOS/c9-7(10,11)6(8(12,13)14)5(16)1-4-2-15-3-17-4/h2-3,6H,1H2. The smallest absolute Gasteiger partial charge is 0.298 e. The Morgan fingerprint density at radius 1 is 1.24 bits per heavy atom. The van der Waals surface area contributed by atoms with Crippen LogP contribution >= 0.6 is 11.3 Å². The second kappa shape index (κ2) is 4.63. The lowest BCUT2D eigenvalue weighted by atomic mass is 10.00. The minimum absolute atomic E-state index is 0.0634. The number of carbonyl (C=O) groups is 1. The number of thiazole rings is 1. The van der Waals surface area contributed by atoms with Crippen LogP contribution in [0.3, 0.4) is 0 Å². The first kappa shape index (κ1) is 13.9. The summed E-state index contributed by atoms with van der Waals surface area (Å²) in [6, 6.07) is 0. The lowest BCUT2D eigenvalue weighted by Gasteiger charge is -2.21. The molecule has 0 aliphatic rings. The summed E-state index contributed by atoms with van der Waals surface area (Å²) in [5, 5.41) is 0. The number of halogens is 6. The van der Waals surface area contributed by atoms with Crippen molar-refractivity contribution < 1.29 is 31.1 Å². The number of ketones is 1. The van der Waals surface area contributed by atoms with E-state index >= 15 is 0 Å². The first-order valence-corrected chi connectivity index (χ1v) is 5.04. The highest BCUT2D eigenvalue weighted by molar-refractivity contribution is 7.09. The quantitative estimate of drug-likeness (QED) is 0.795. The molecule has 0 saturated carbocycles. The van der Waals surface area contributed by atoms with E-state index in [4.69, 9.17) is 0 Å². The van der Waals surface area contributed by atoms with E-state index < -0.39 is 30.5 Å². The maximum absolute atomic E-state index is 12.1. The highest BCUT2D eigenvalue weighted by Gasteiger charge is 2.60. The molecule has 1 rings (SSSR count). The molecule has 0 fully saturated rings. The molecule has 0 aliphatic carbocycles. The number of Topliss-reactive ketones (excluding diaryl/α,β-unsaturated/α-hetero) is 1. The van der Waals surface area contributed by atoms with Crippen LogP contribution in [0, 0.1) is 5.92 Å². The van der Waals surface area contributed by atoms with Crippen LogP contribution in [0.5, 0.6) is 0 Å². The van der Waals surface area contributed by atoms with Gasteiger partial charge in [-0.3, -0.25) is 9.78 Å². The third kappa shape index (κ3) is 3.69. The van der Waals surface area contributed by atoms with Gasteiger partial charge in [-0.25, -0.2) is 0 Å². The van der Waals surface area contributed by atoms with Gasteiger partial charge in [0.1, 0.15) is 0 Å². The molecule has 0 spiro atoms. The zero-order chi connectivity index (χ0) is 13.3. The van der Waals surface area contributed by atoms with Gasteiger partial charge in [0.25, 0.3) is 0 Å². The highest BCUT2D eigenvalue weighted by Crippen LogP contribution is 2.40. The van der Waals surface area contributed by atoms with E-state index in [0.29, 0.717) is 0 Å². The fourth-order valence-electron chi connectivity index (χ4n) is 1.15. The molecule has 1 aromatic rings. The van der Waals surface area contributed by atoms with Crippen LogP contribution in [-0.4, -0.2) is 23.1 Å². The van der Waals surface area contributed by atoms with E-state index in [1.165, 1.54) is 5.51 Å². The van der Waals surface area contributed by atoms with Crippen LogP contribution < -0.4 is 0 Å². The maximum atomic E-state index is 12.1. The molecule has 96 valence electrons. The molecule has 0 atom stereocenters. The van der Waals surface area contributed by atoms with E-state index in [0.717, 1.165) is 17.5 Å². The van der Waals surface area contributed by atoms with Crippen molar-refractivity contribution in [1.82, 2.24) is 4.98 Å². The lowest BCUT2D eigenvalue weighted by molar-refractivity contribution is -0.273. The van der Waals surface area contributed by atoms with Crippen molar-refractivity contribution in [3.05, 3.63) is 16.6 Å². The molecule has 0 N–H and O–H groups in total. The Morgan fingerprint density at radius 3 is 2.12 bits per heavy atom. The normalized spacial score (nSPS) is 13.1. The fourth-order valence-corrected chi connectivity index (χ4v) is 1.76. The van der Waals surface area contributed by atoms with Gasteiger partial charge in [-0.1, -0.05) is 0 Å². The van der Waals surface area contributed by atoms with Gasteiger partial charge in [-0.15, -0.1) is 11.3 Å². The van der Waals surface area contributed by atoms with E-state index in [-0.39, 0.29) is 4.88 Å². The zero-order valence-electron chi connectivity index (χ0n) is 7.97. The fraction of sp³-hybridized carbons (Fsp3) is 0.500.